The van der Waals surface area contributed by atoms with E-state index in [2.05, 4.69) is 39.9 Å². The molecular weight excluding hydrogens is 230 g/mol. The van der Waals surface area contributed by atoms with Crippen molar-refractivity contribution in [3.05, 3.63) is 0 Å². The van der Waals surface area contributed by atoms with Gasteiger partial charge >= 0.3 is 0 Å². The molecule has 0 aromatic rings. The predicted molar refractivity (Wildman–Crippen MR) is 78.9 cm³/mol. The van der Waals surface area contributed by atoms with Crippen molar-refractivity contribution < 1.29 is 4.21 Å². The first-order chi connectivity index (χ1) is 8.10. The molecule has 4 unspecified atom stereocenters. The SMILES string of the molecule is CCCC(NCC)C(CC)S(=O)CC(C)CC. The number of hydrogen-bond donors (Lipinski definition) is 1. The van der Waals surface area contributed by atoms with Crippen molar-refractivity contribution in [1.82, 2.24) is 5.32 Å². The fraction of sp³-hybridized carbons (Fsp3) is 1.00. The first kappa shape index (κ1) is 17.1. The maximum absolute atomic E-state index is 12.4. The minimum atomic E-state index is -0.683. The highest BCUT2D eigenvalue weighted by atomic mass is 32.2. The van der Waals surface area contributed by atoms with Crippen molar-refractivity contribution in [3.8, 4) is 0 Å². The molecule has 17 heavy (non-hydrogen) atoms. The van der Waals surface area contributed by atoms with Gasteiger partial charge in [0.15, 0.2) is 0 Å². The van der Waals surface area contributed by atoms with Gasteiger partial charge in [0.05, 0.1) is 0 Å². The van der Waals surface area contributed by atoms with Crippen LogP contribution in [0.3, 0.4) is 0 Å². The fourth-order valence-electron chi connectivity index (χ4n) is 2.17. The summed E-state index contributed by atoms with van der Waals surface area (Å²) in [5, 5.41) is 3.84. The third-order valence-electron chi connectivity index (χ3n) is 3.40. The van der Waals surface area contributed by atoms with E-state index >= 15 is 0 Å². The minimum absolute atomic E-state index is 0.323. The van der Waals surface area contributed by atoms with Crippen LogP contribution in [0.4, 0.5) is 0 Å². The maximum atomic E-state index is 12.4. The third-order valence-corrected chi connectivity index (χ3v) is 5.64. The molecule has 0 aromatic heterocycles. The zero-order valence-corrected chi connectivity index (χ0v) is 13.1. The van der Waals surface area contributed by atoms with Crippen molar-refractivity contribution in [3.63, 3.8) is 0 Å². The molecule has 0 heterocycles. The van der Waals surface area contributed by atoms with Gasteiger partial charge in [0.1, 0.15) is 0 Å². The number of hydrogen-bond acceptors (Lipinski definition) is 2. The summed E-state index contributed by atoms with van der Waals surface area (Å²) in [6, 6.07) is 0.430. The van der Waals surface area contributed by atoms with Gasteiger partial charge in [-0.3, -0.25) is 4.21 Å². The molecule has 0 aliphatic carbocycles. The summed E-state index contributed by atoms with van der Waals surface area (Å²) in [5.41, 5.74) is 0. The van der Waals surface area contributed by atoms with E-state index in [4.69, 9.17) is 0 Å². The Bertz CT molecular complexity index is 202. The first-order valence-electron chi connectivity index (χ1n) is 7.21. The summed E-state index contributed by atoms with van der Waals surface area (Å²) in [7, 11) is -0.683. The van der Waals surface area contributed by atoms with E-state index in [1.54, 1.807) is 0 Å². The van der Waals surface area contributed by atoms with Gasteiger partial charge in [-0.1, -0.05) is 47.5 Å². The molecule has 3 heteroatoms. The normalized spacial score (nSPS) is 18.6. The Kier molecular flexibility index (Phi) is 10.1. The van der Waals surface area contributed by atoms with Crippen molar-refractivity contribution in [2.45, 2.75) is 71.6 Å². The molecule has 2 nitrogen and oxygen atoms in total. The predicted octanol–water partition coefficient (Wildman–Crippen LogP) is 3.34. The van der Waals surface area contributed by atoms with Gasteiger partial charge in [0, 0.05) is 27.8 Å². The zero-order chi connectivity index (χ0) is 13.3. The average Bonchev–Trinajstić information content (AvgIpc) is 2.30. The Labute approximate surface area is 110 Å². The van der Waals surface area contributed by atoms with Gasteiger partial charge in [-0.2, -0.15) is 0 Å². The van der Waals surface area contributed by atoms with Crippen LogP contribution in [0.2, 0.25) is 0 Å². The molecule has 0 bridgehead atoms. The standard InChI is InChI=1S/C14H31NOS/c1-6-10-13(15-9-4)14(8-3)17(16)11-12(5)7-2/h12-15H,6-11H2,1-5H3. The first-order valence-corrected chi connectivity index (χ1v) is 8.59. The Balaban J connectivity index is 4.47. The van der Waals surface area contributed by atoms with Crippen LogP contribution in [0.5, 0.6) is 0 Å². The Morgan fingerprint density at radius 2 is 1.76 bits per heavy atom. The van der Waals surface area contributed by atoms with E-state index in [0.717, 1.165) is 38.0 Å². The molecule has 0 aliphatic rings. The van der Waals surface area contributed by atoms with E-state index in [0.29, 0.717) is 17.2 Å². The molecule has 4 atom stereocenters. The monoisotopic (exact) mass is 261 g/mol. The van der Waals surface area contributed by atoms with Crippen LogP contribution in [-0.4, -0.2) is 27.8 Å². The summed E-state index contributed by atoms with van der Waals surface area (Å²) < 4.78 is 12.4. The lowest BCUT2D eigenvalue weighted by Crippen LogP contribution is -2.42. The lowest BCUT2D eigenvalue weighted by molar-refractivity contribution is 0.456. The van der Waals surface area contributed by atoms with Gasteiger partial charge in [-0.15, -0.1) is 0 Å². The second-order valence-electron chi connectivity index (χ2n) is 4.96. The van der Waals surface area contributed by atoms with Crippen LogP contribution in [0.15, 0.2) is 0 Å². The minimum Gasteiger partial charge on any atom is -0.313 e. The molecule has 0 aliphatic heterocycles. The average molecular weight is 261 g/mol. The van der Waals surface area contributed by atoms with Gasteiger partial charge in [-0.25, -0.2) is 0 Å². The van der Waals surface area contributed by atoms with E-state index in [-0.39, 0.29) is 0 Å². The zero-order valence-electron chi connectivity index (χ0n) is 12.3. The highest BCUT2D eigenvalue weighted by Crippen LogP contribution is 2.16. The third kappa shape index (κ3) is 6.56. The summed E-state index contributed by atoms with van der Waals surface area (Å²) >= 11 is 0. The summed E-state index contributed by atoms with van der Waals surface area (Å²) in [4.78, 5) is 0. The maximum Gasteiger partial charge on any atom is 0.0498 e. The van der Waals surface area contributed by atoms with Crippen molar-refractivity contribution in [2.75, 3.05) is 12.3 Å². The lowest BCUT2D eigenvalue weighted by atomic mass is 10.1. The molecule has 0 amide bonds. The molecule has 0 radical (unpaired) electrons. The van der Waals surface area contributed by atoms with E-state index in [9.17, 15) is 4.21 Å². The number of rotatable bonds is 10. The second kappa shape index (κ2) is 10.1. The molecule has 0 aromatic carbocycles. The van der Waals surface area contributed by atoms with Gasteiger partial charge in [0.25, 0.3) is 0 Å². The van der Waals surface area contributed by atoms with Gasteiger partial charge in [0.2, 0.25) is 0 Å². The van der Waals surface area contributed by atoms with Crippen molar-refractivity contribution >= 4 is 10.8 Å². The summed E-state index contributed by atoms with van der Waals surface area (Å²) in [6.45, 7) is 11.9. The van der Waals surface area contributed by atoms with Gasteiger partial charge < -0.3 is 5.32 Å². The Hall–Kier alpha value is 0.110. The lowest BCUT2D eigenvalue weighted by Gasteiger charge is -2.27. The molecule has 0 fully saturated rings. The fourth-order valence-corrected chi connectivity index (χ4v) is 4.18. The van der Waals surface area contributed by atoms with Gasteiger partial charge in [-0.05, 0) is 25.3 Å². The summed E-state index contributed by atoms with van der Waals surface area (Å²) in [6.07, 6.45) is 4.44. The van der Waals surface area contributed by atoms with Crippen molar-refractivity contribution in [2.24, 2.45) is 5.92 Å². The van der Waals surface area contributed by atoms with Crippen LogP contribution >= 0.6 is 0 Å². The van der Waals surface area contributed by atoms with Crippen LogP contribution in [0.25, 0.3) is 0 Å². The van der Waals surface area contributed by atoms with Crippen LogP contribution < -0.4 is 5.32 Å². The highest BCUT2D eigenvalue weighted by molar-refractivity contribution is 7.85. The van der Waals surface area contributed by atoms with E-state index in [1.165, 1.54) is 0 Å². The smallest absolute Gasteiger partial charge is 0.0498 e. The van der Waals surface area contributed by atoms with E-state index in [1.807, 2.05) is 0 Å². The largest absolute Gasteiger partial charge is 0.313 e. The molecular formula is C14H31NOS. The van der Waals surface area contributed by atoms with Crippen molar-refractivity contribution in [1.29, 1.82) is 0 Å². The van der Waals surface area contributed by atoms with Crippen LogP contribution in [0.1, 0.15) is 60.3 Å². The molecule has 0 spiro atoms. The highest BCUT2D eigenvalue weighted by Gasteiger charge is 2.24. The summed E-state index contributed by atoms with van der Waals surface area (Å²) in [5.74, 6) is 1.44. The topological polar surface area (TPSA) is 29.1 Å². The van der Waals surface area contributed by atoms with Crippen LogP contribution in [0, 0.1) is 5.92 Å². The molecule has 0 saturated carbocycles. The molecule has 0 saturated heterocycles. The second-order valence-corrected chi connectivity index (χ2v) is 6.66. The molecule has 0 rings (SSSR count). The number of nitrogens with one attached hydrogen (secondary N) is 1. The molecule has 1 N–H and O–H groups in total. The Morgan fingerprint density at radius 1 is 1.12 bits per heavy atom. The van der Waals surface area contributed by atoms with E-state index < -0.39 is 10.8 Å². The quantitative estimate of drug-likeness (QED) is 0.653. The molecule has 104 valence electrons. The Morgan fingerprint density at radius 3 is 2.18 bits per heavy atom. The van der Waals surface area contributed by atoms with Crippen LogP contribution in [-0.2, 0) is 10.8 Å².